The third-order valence-corrected chi connectivity index (χ3v) is 5.31. The number of sulfonamides is 1. The minimum absolute atomic E-state index is 0.0525. The predicted octanol–water partition coefficient (Wildman–Crippen LogP) is 2.68. The molecule has 0 spiro atoms. The minimum Gasteiger partial charge on any atom is -0.465 e. The predicted molar refractivity (Wildman–Crippen MR) is 95.8 cm³/mol. The first-order valence-corrected chi connectivity index (χ1v) is 9.08. The van der Waals surface area contributed by atoms with Crippen molar-refractivity contribution in [1.29, 1.82) is 0 Å². The average molecular weight is 377 g/mol. The van der Waals surface area contributed by atoms with E-state index in [4.69, 9.17) is 0 Å². The Morgan fingerprint density at radius 2 is 1.35 bits per heavy atom. The molecule has 0 saturated carbocycles. The van der Waals surface area contributed by atoms with Gasteiger partial charge in [-0.25, -0.2) is 18.0 Å². The lowest BCUT2D eigenvalue weighted by Gasteiger charge is -2.14. The maximum Gasteiger partial charge on any atom is 0.337 e. The summed E-state index contributed by atoms with van der Waals surface area (Å²) in [6.45, 7) is 3.32. The second kappa shape index (κ2) is 7.57. The van der Waals surface area contributed by atoms with Crippen molar-refractivity contribution in [3.05, 3.63) is 58.7 Å². The lowest BCUT2D eigenvalue weighted by atomic mass is 10.1. The second-order valence-electron chi connectivity index (χ2n) is 5.60. The van der Waals surface area contributed by atoms with E-state index in [9.17, 15) is 18.0 Å². The van der Waals surface area contributed by atoms with Crippen LogP contribution in [-0.2, 0) is 19.5 Å². The molecule has 0 atom stereocenters. The molecule has 1 N–H and O–H groups in total. The molecule has 0 aromatic heterocycles. The number of hydrogen-bond donors (Lipinski definition) is 1. The lowest BCUT2D eigenvalue weighted by Crippen LogP contribution is -2.16. The van der Waals surface area contributed by atoms with Crippen molar-refractivity contribution < 1.29 is 27.5 Å². The van der Waals surface area contributed by atoms with Gasteiger partial charge in [-0.15, -0.1) is 0 Å². The maximum atomic E-state index is 12.8. The molecule has 0 fully saturated rings. The zero-order chi connectivity index (χ0) is 19.5. The molecule has 0 radical (unpaired) electrons. The molecule has 7 nitrogen and oxygen atoms in total. The number of nitrogens with one attached hydrogen (secondary N) is 1. The van der Waals surface area contributed by atoms with Crippen LogP contribution in [0.1, 0.15) is 31.8 Å². The summed E-state index contributed by atoms with van der Waals surface area (Å²) in [5, 5.41) is 0. The van der Waals surface area contributed by atoms with Crippen molar-refractivity contribution in [1.82, 2.24) is 0 Å². The van der Waals surface area contributed by atoms with Gasteiger partial charge in [0, 0.05) is 0 Å². The smallest absolute Gasteiger partial charge is 0.337 e. The van der Waals surface area contributed by atoms with E-state index in [2.05, 4.69) is 14.2 Å². The fraction of sp³-hybridized carbons (Fsp3) is 0.222. The summed E-state index contributed by atoms with van der Waals surface area (Å²) >= 11 is 0. The summed E-state index contributed by atoms with van der Waals surface area (Å²) in [4.78, 5) is 23.3. The van der Waals surface area contributed by atoms with Crippen molar-refractivity contribution in [2.24, 2.45) is 0 Å². The van der Waals surface area contributed by atoms with E-state index in [0.29, 0.717) is 11.1 Å². The normalized spacial score (nSPS) is 10.9. The van der Waals surface area contributed by atoms with E-state index < -0.39 is 22.0 Å². The van der Waals surface area contributed by atoms with Crippen LogP contribution in [0.4, 0.5) is 5.69 Å². The Morgan fingerprint density at radius 3 is 1.88 bits per heavy atom. The van der Waals surface area contributed by atoms with Gasteiger partial charge in [-0.05, 0) is 49.2 Å². The van der Waals surface area contributed by atoms with Crippen LogP contribution in [0.25, 0.3) is 0 Å². The molecule has 0 aliphatic heterocycles. The molecule has 2 aromatic carbocycles. The number of hydrogen-bond acceptors (Lipinski definition) is 6. The van der Waals surface area contributed by atoms with Crippen LogP contribution in [0, 0.1) is 13.8 Å². The van der Waals surface area contributed by atoms with Crippen molar-refractivity contribution in [3.63, 3.8) is 0 Å². The fourth-order valence-corrected chi connectivity index (χ4v) is 3.70. The molecule has 138 valence electrons. The van der Waals surface area contributed by atoms with E-state index >= 15 is 0 Å². The number of carbonyl (C=O) groups is 2. The van der Waals surface area contributed by atoms with Crippen LogP contribution in [0.5, 0.6) is 0 Å². The molecule has 26 heavy (non-hydrogen) atoms. The highest BCUT2D eigenvalue weighted by atomic mass is 32.2. The number of benzene rings is 2. The maximum absolute atomic E-state index is 12.8. The van der Waals surface area contributed by atoms with Crippen LogP contribution >= 0.6 is 0 Å². The minimum atomic E-state index is -3.99. The first-order valence-electron chi connectivity index (χ1n) is 7.60. The van der Waals surface area contributed by atoms with Gasteiger partial charge in [0.2, 0.25) is 0 Å². The van der Waals surface area contributed by atoms with Gasteiger partial charge >= 0.3 is 11.9 Å². The molecule has 0 aliphatic carbocycles. The topological polar surface area (TPSA) is 98.8 Å². The van der Waals surface area contributed by atoms with Crippen molar-refractivity contribution in [2.45, 2.75) is 18.7 Å². The van der Waals surface area contributed by atoms with E-state index in [1.165, 1.54) is 38.5 Å². The highest BCUT2D eigenvalue weighted by Crippen LogP contribution is 2.24. The average Bonchev–Trinajstić information content (AvgIpc) is 2.62. The number of carbonyl (C=O) groups excluding carboxylic acids is 2. The fourth-order valence-electron chi connectivity index (χ4n) is 2.31. The van der Waals surface area contributed by atoms with Crippen molar-refractivity contribution in [3.8, 4) is 0 Å². The molecule has 2 aromatic rings. The van der Waals surface area contributed by atoms with Gasteiger partial charge in [0.05, 0.1) is 35.9 Å². The molecule has 0 bridgehead atoms. The number of rotatable bonds is 5. The van der Waals surface area contributed by atoms with Gasteiger partial charge in [-0.1, -0.05) is 12.1 Å². The lowest BCUT2D eigenvalue weighted by molar-refractivity contribution is 0.0591. The number of anilines is 1. The van der Waals surface area contributed by atoms with E-state index in [0.717, 1.165) is 0 Å². The molecule has 8 heteroatoms. The number of methoxy groups -OCH3 is 2. The van der Waals surface area contributed by atoms with Gasteiger partial charge in [-0.3, -0.25) is 4.72 Å². The molecule has 0 unspecified atom stereocenters. The zero-order valence-electron chi connectivity index (χ0n) is 14.8. The number of aryl methyl sites for hydroxylation is 2. The van der Waals surface area contributed by atoms with Crippen molar-refractivity contribution >= 4 is 27.6 Å². The Bertz CT molecular complexity index is 966. The quantitative estimate of drug-likeness (QED) is 0.805. The molecule has 2 rings (SSSR count). The second-order valence-corrected chi connectivity index (χ2v) is 7.25. The van der Waals surface area contributed by atoms with Crippen LogP contribution in [0.2, 0.25) is 0 Å². The highest BCUT2D eigenvalue weighted by Gasteiger charge is 2.21. The first-order chi connectivity index (χ1) is 12.2. The molecule has 0 aliphatic rings. The molecule has 0 heterocycles. The first kappa shape index (κ1) is 19.5. The van der Waals surface area contributed by atoms with E-state index in [1.54, 1.807) is 26.0 Å². The van der Waals surface area contributed by atoms with E-state index in [1.807, 2.05) is 0 Å². The zero-order valence-corrected chi connectivity index (χ0v) is 15.6. The molecule has 0 saturated heterocycles. The summed E-state index contributed by atoms with van der Waals surface area (Å²) in [7, 11) is -1.53. The van der Waals surface area contributed by atoms with Crippen LogP contribution < -0.4 is 4.72 Å². The summed E-state index contributed by atoms with van der Waals surface area (Å²) in [6.07, 6.45) is 0. The van der Waals surface area contributed by atoms with Crippen LogP contribution in [0.15, 0.2) is 41.3 Å². The molecule has 0 amide bonds. The largest absolute Gasteiger partial charge is 0.465 e. The van der Waals surface area contributed by atoms with Crippen LogP contribution in [0.3, 0.4) is 0 Å². The van der Waals surface area contributed by atoms with Gasteiger partial charge in [-0.2, -0.15) is 0 Å². The van der Waals surface area contributed by atoms with Gasteiger partial charge < -0.3 is 9.47 Å². The number of esters is 2. The molecular formula is C18H19NO6S. The molecular weight excluding hydrogens is 358 g/mol. The Morgan fingerprint density at radius 1 is 0.846 bits per heavy atom. The summed E-state index contributed by atoms with van der Waals surface area (Å²) < 4.78 is 37.4. The highest BCUT2D eigenvalue weighted by molar-refractivity contribution is 7.92. The number of ether oxygens (including phenoxy) is 2. The van der Waals surface area contributed by atoms with Gasteiger partial charge in [0.25, 0.3) is 10.0 Å². The van der Waals surface area contributed by atoms with Crippen molar-refractivity contribution in [2.75, 3.05) is 18.9 Å². The Labute approximate surface area is 152 Å². The summed E-state index contributed by atoms with van der Waals surface area (Å²) in [5.41, 5.74) is 1.68. The third kappa shape index (κ3) is 4.02. The third-order valence-electron chi connectivity index (χ3n) is 3.80. The summed E-state index contributed by atoms with van der Waals surface area (Å²) in [6, 6.07) is 8.83. The SMILES string of the molecule is COC(=O)c1ccc(C)c(NS(=O)(=O)c2cc(C(=O)OC)ccc2C)c1. The van der Waals surface area contributed by atoms with E-state index in [-0.39, 0.29) is 21.7 Å². The monoisotopic (exact) mass is 377 g/mol. The van der Waals surface area contributed by atoms with Gasteiger partial charge in [0.1, 0.15) is 0 Å². The van der Waals surface area contributed by atoms with Crippen LogP contribution in [-0.4, -0.2) is 34.6 Å². The Hall–Kier alpha value is -2.87. The Kier molecular flexibility index (Phi) is 5.66. The Balaban J connectivity index is 2.47. The van der Waals surface area contributed by atoms with Gasteiger partial charge in [0.15, 0.2) is 0 Å². The summed E-state index contributed by atoms with van der Waals surface area (Å²) in [5.74, 6) is -1.21. The standard InChI is InChI=1S/C18H19NO6S/c1-11-5-7-13(17(20)24-3)9-15(11)19-26(22,23)16-10-14(18(21)25-4)8-6-12(16)2/h5-10,19H,1-4H3.